The van der Waals surface area contributed by atoms with Crippen molar-refractivity contribution in [1.29, 1.82) is 0 Å². The molecule has 0 unspecified atom stereocenters. The van der Waals surface area contributed by atoms with Gasteiger partial charge >= 0.3 is 0 Å². The van der Waals surface area contributed by atoms with Crippen LogP contribution in [0.4, 0.5) is 5.69 Å². The van der Waals surface area contributed by atoms with Gasteiger partial charge in [-0.25, -0.2) is 0 Å². The SMILES string of the molecule is COc1ccc(NC(=O)CN2CCNCC2)cc1.Cl. The van der Waals surface area contributed by atoms with Gasteiger partial charge in [0.25, 0.3) is 0 Å². The topological polar surface area (TPSA) is 53.6 Å². The van der Waals surface area contributed by atoms with E-state index in [9.17, 15) is 4.79 Å². The van der Waals surface area contributed by atoms with Gasteiger partial charge in [-0.05, 0) is 24.3 Å². The van der Waals surface area contributed by atoms with Crippen molar-refractivity contribution < 1.29 is 9.53 Å². The molecule has 1 aromatic carbocycles. The Balaban J connectivity index is 0.00000180. The number of rotatable bonds is 4. The van der Waals surface area contributed by atoms with E-state index in [1.54, 1.807) is 7.11 Å². The van der Waals surface area contributed by atoms with Crippen molar-refractivity contribution in [3.05, 3.63) is 24.3 Å². The van der Waals surface area contributed by atoms with Crippen molar-refractivity contribution in [2.24, 2.45) is 0 Å². The highest BCUT2D eigenvalue weighted by atomic mass is 35.5. The van der Waals surface area contributed by atoms with E-state index in [1.165, 1.54) is 0 Å². The molecule has 1 amide bonds. The molecule has 6 heteroatoms. The summed E-state index contributed by atoms with van der Waals surface area (Å²) in [5.74, 6) is 0.817. The Labute approximate surface area is 119 Å². The maximum atomic E-state index is 11.8. The van der Waals surface area contributed by atoms with Gasteiger partial charge in [0.1, 0.15) is 5.75 Å². The normalized spacial score (nSPS) is 15.4. The lowest BCUT2D eigenvalue weighted by molar-refractivity contribution is -0.117. The van der Waals surface area contributed by atoms with E-state index in [2.05, 4.69) is 15.5 Å². The van der Waals surface area contributed by atoms with Gasteiger partial charge in [0.15, 0.2) is 0 Å². The molecule has 0 aromatic heterocycles. The van der Waals surface area contributed by atoms with Crippen LogP contribution in [0.1, 0.15) is 0 Å². The minimum absolute atomic E-state index is 0. The summed E-state index contributed by atoms with van der Waals surface area (Å²) in [6.07, 6.45) is 0. The third-order valence-electron chi connectivity index (χ3n) is 2.95. The van der Waals surface area contributed by atoms with Gasteiger partial charge in [0.2, 0.25) is 5.91 Å². The Morgan fingerprint density at radius 2 is 1.95 bits per heavy atom. The average molecular weight is 286 g/mol. The maximum Gasteiger partial charge on any atom is 0.238 e. The zero-order chi connectivity index (χ0) is 12.8. The monoisotopic (exact) mass is 285 g/mol. The van der Waals surface area contributed by atoms with Gasteiger partial charge < -0.3 is 15.4 Å². The van der Waals surface area contributed by atoms with Gasteiger partial charge in [0.05, 0.1) is 13.7 Å². The molecule has 0 radical (unpaired) electrons. The Hall–Kier alpha value is -1.30. The number of nitrogens with zero attached hydrogens (tertiary/aromatic N) is 1. The lowest BCUT2D eigenvalue weighted by Gasteiger charge is -2.26. The summed E-state index contributed by atoms with van der Waals surface area (Å²) in [5.41, 5.74) is 0.802. The first-order chi connectivity index (χ1) is 8.78. The van der Waals surface area contributed by atoms with Crippen LogP contribution >= 0.6 is 12.4 Å². The third-order valence-corrected chi connectivity index (χ3v) is 2.95. The lowest BCUT2D eigenvalue weighted by atomic mass is 10.3. The second kappa shape index (κ2) is 7.99. The Bertz CT molecular complexity index is 391. The summed E-state index contributed by atoms with van der Waals surface area (Å²) in [7, 11) is 1.62. The number of carbonyl (C=O) groups excluding carboxylic acids is 1. The number of amides is 1. The molecule has 0 bridgehead atoms. The number of piperazine rings is 1. The second-order valence-corrected chi connectivity index (χ2v) is 4.30. The Morgan fingerprint density at radius 3 is 2.53 bits per heavy atom. The van der Waals surface area contributed by atoms with Crippen molar-refractivity contribution in [3.63, 3.8) is 0 Å². The number of anilines is 1. The van der Waals surface area contributed by atoms with Gasteiger partial charge in [-0.2, -0.15) is 0 Å². The van der Waals surface area contributed by atoms with Gasteiger partial charge in [-0.3, -0.25) is 9.69 Å². The van der Waals surface area contributed by atoms with Crippen LogP contribution in [-0.2, 0) is 4.79 Å². The molecule has 0 atom stereocenters. The van der Waals surface area contributed by atoms with Gasteiger partial charge in [0, 0.05) is 31.9 Å². The van der Waals surface area contributed by atoms with Crippen molar-refractivity contribution in [3.8, 4) is 5.75 Å². The first-order valence-electron chi connectivity index (χ1n) is 6.15. The highest BCUT2D eigenvalue weighted by molar-refractivity contribution is 5.92. The van der Waals surface area contributed by atoms with E-state index in [-0.39, 0.29) is 18.3 Å². The summed E-state index contributed by atoms with van der Waals surface area (Å²) >= 11 is 0. The number of ether oxygens (including phenoxy) is 1. The first-order valence-corrected chi connectivity index (χ1v) is 6.15. The second-order valence-electron chi connectivity index (χ2n) is 4.30. The highest BCUT2D eigenvalue weighted by Crippen LogP contribution is 2.14. The van der Waals surface area contributed by atoms with E-state index in [0.29, 0.717) is 6.54 Å². The average Bonchev–Trinajstić information content (AvgIpc) is 2.40. The number of benzene rings is 1. The maximum absolute atomic E-state index is 11.8. The number of halogens is 1. The van der Waals surface area contributed by atoms with Crippen LogP contribution in [0, 0.1) is 0 Å². The van der Waals surface area contributed by atoms with Crippen LogP contribution < -0.4 is 15.4 Å². The molecule has 2 rings (SSSR count). The molecule has 1 aromatic rings. The van der Waals surface area contributed by atoms with E-state index < -0.39 is 0 Å². The molecular formula is C13H20ClN3O2. The standard InChI is InChI=1S/C13H19N3O2.ClH/c1-18-12-4-2-11(3-5-12)15-13(17)10-16-8-6-14-7-9-16;/h2-5,14H,6-10H2,1H3,(H,15,17);1H. The molecule has 1 saturated heterocycles. The van der Waals surface area contributed by atoms with E-state index in [0.717, 1.165) is 37.6 Å². The minimum Gasteiger partial charge on any atom is -0.497 e. The van der Waals surface area contributed by atoms with Crippen LogP contribution in [0.15, 0.2) is 24.3 Å². The molecule has 1 heterocycles. The predicted molar refractivity (Wildman–Crippen MR) is 78.2 cm³/mol. The molecule has 19 heavy (non-hydrogen) atoms. The quantitative estimate of drug-likeness (QED) is 0.865. The Morgan fingerprint density at radius 1 is 1.32 bits per heavy atom. The molecule has 1 aliphatic heterocycles. The molecule has 1 fully saturated rings. The van der Waals surface area contributed by atoms with Crippen molar-refractivity contribution in [2.45, 2.75) is 0 Å². The predicted octanol–water partition coefficient (Wildman–Crippen LogP) is 0.961. The summed E-state index contributed by atoms with van der Waals surface area (Å²) in [6.45, 7) is 4.21. The summed E-state index contributed by atoms with van der Waals surface area (Å²) in [5, 5.41) is 6.15. The zero-order valence-corrected chi connectivity index (χ0v) is 11.8. The van der Waals surface area contributed by atoms with E-state index in [1.807, 2.05) is 24.3 Å². The summed E-state index contributed by atoms with van der Waals surface area (Å²) in [4.78, 5) is 14.0. The van der Waals surface area contributed by atoms with Crippen molar-refractivity contribution in [2.75, 3.05) is 45.2 Å². The van der Waals surface area contributed by atoms with Crippen LogP contribution in [0.3, 0.4) is 0 Å². The fourth-order valence-electron chi connectivity index (χ4n) is 1.95. The largest absolute Gasteiger partial charge is 0.497 e. The molecule has 2 N–H and O–H groups in total. The fraction of sp³-hybridized carbons (Fsp3) is 0.462. The van der Waals surface area contributed by atoms with Gasteiger partial charge in [-0.15, -0.1) is 12.4 Å². The smallest absolute Gasteiger partial charge is 0.238 e. The lowest BCUT2D eigenvalue weighted by Crippen LogP contribution is -2.46. The van der Waals surface area contributed by atoms with Gasteiger partial charge in [-0.1, -0.05) is 0 Å². The van der Waals surface area contributed by atoms with Crippen LogP contribution in [0.2, 0.25) is 0 Å². The molecule has 106 valence electrons. The molecule has 5 nitrogen and oxygen atoms in total. The van der Waals surface area contributed by atoms with E-state index >= 15 is 0 Å². The molecule has 0 aliphatic carbocycles. The highest BCUT2D eigenvalue weighted by Gasteiger charge is 2.13. The molecule has 0 spiro atoms. The number of nitrogens with one attached hydrogen (secondary N) is 2. The number of hydrogen-bond acceptors (Lipinski definition) is 4. The number of methoxy groups -OCH3 is 1. The third kappa shape index (κ3) is 5.06. The summed E-state index contributed by atoms with van der Waals surface area (Å²) in [6, 6.07) is 7.35. The summed E-state index contributed by atoms with van der Waals surface area (Å²) < 4.78 is 5.07. The van der Waals surface area contributed by atoms with Crippen LogP contribution in [-0.4, -0.2) is 50.6 Å². The van der Waals surface area contributed by atoms with Crippen molar-refractivity contribution >= 4 is 24.0 Å². The molecule has 0 saturated carbocycles. The van der Waals surface area contributed by atoms with Crippen LogP contribution in [0.25, 0.3) is 0 Å². The zero-order valence-electron chi connectivity index (χ0n) is 11.0. The molecular weight excluding hydrogens is 266 g/mol. The van der Waals surface area contributed by atoms with Crippen molar-refractivity contribution in [1.82, 2.24) is 10.2 Å². The molecule has 1 aliphatic rings. The first kappa shape index (κ1) is 15.8. The fourth-order valence-corrected chi connectivity index (χ4v) is 1.95. The minimum atomic E-state index is 0. The number of carbonyl (C=O) groups is 1. The Kier molecular flexibility index (Phi) is 6.62. The van der Waals surface area contributed by atoms with Crippen LogP contribution in [0.5, 0.6) is 5.75 Å². The van der Waals surface area contributed by atoms with E-state index in [4.69, 9.17) is 4.74 Å². The number of hydrogen-bond donors (Lipinski definition) is 2.